The third-order valence-corrected chi connectivity index (χ3v) is 2.52. The second-order valence-electron chi connectivity index (χ2n) is 3.52. The van der Waals surface area contributed by atoms with Crippen LogP contribution in [0.3, 0.4) is 0 Å². The van der Waals surface area contributed by atoms with E-state index in [-0.39, 0.29) is 6.04 Å². The van der Waals surface area contributed by atoms with E-state index in [2.05, 4.69) is 28.0 Å². The average Bonchev–Trinajstić information content (AvgIpc) is 2.26. The number of hydrogen-bond acceptors (Lipinski definition) is 3. The quantitative estimate of drug-likeness (QED) is 0.197. The molecule has 1 atom stereocenters. The normalized spacial score (nSPS) is 21.2. The molecule has 0 spiro atoms. The molecule has 0 bridgehead atoms. The highest BCUT2D eigenvalue weighted by Gasteiger charge is 2.13. The minimum atomic E-state index is 0.104. The monoisotopic (exact) mass is 227 g/mol. The summed E-state index contributed by atoms with van der Waals surface area (Å²) in [6, 6.07) is 0.104. The van der Waals surface area contributed by atoms with Gasteiger partial charge in [0.05, 0.1) is 6.04 Å². The third kappa shape index (κ3) is 3.85. The third-order valence-electron chi connectivity index (χ3n) is 2.06. The van der Waals surface area contributed by atoms with Crippen molar-refractivity contribution in [3.05, 3.63) is 12.2 Å². The minimum absolute atomic E-state index is 0.104. The maximum absolute atomic E-state index is 5.81. The average molecular weight is 227 g/mol. The molecule has 0 saturated heterocycles. The highest BCUT2D eigenvalue weighted by molar-refractivity contribution is 7.80. The van der Waals surface area contributed by atoms with Crippen molar-refractivity contribution in [3.63, 3.8) is 0 Å². The highest BCUT2D eigenvalue weighted by atomic mass is 32.1. The zero-order chi connectivity index (χ0) is 11.3. The Labute approximate surface area is 95.4 Å². The Bertz CT molecular complexity index is 284. The number of hydrogen-bond donors (Lipinski definition) is 3. The van der Waals surface area contributed by atoms with E-state index in [0.29, 0.717) is 10.9 Å². The Morgan fingerprint density at radius 2 is 2.33 bits per heavy atom. The van der Waals surface area contributed by atoms with Crippen molar-refractivity contribution < 1.29 is 0 Å². The Balaban J connectivity index is 2.45. The van der Waals surface area contributed by atoms with Crippen LogP contribution in [0.1, 0.15) is 6.42 Å². The van der Waals surface area contributed by atoms with Crippen molar-refractivity contribution in [1.29, 1.82) is 0 Å². The molecule has 0 saturated carbocycles. The van der Waals surface area contributed by atoms with Gasteiger partial charge in [0.25, 0.3) is 0 Å². The molecule has 15 heavy (non-hydrogen) atoms. The summed E-state index contributed by atoms with van der Waals surface area (Å²) < 4.78 is 0. The van der Waals surface area contributed by atoms with Gasteiger partial charge >= 0.3 is 0 Å². The molecule has 0 aliphatic carbocycles. The van der Waals surface area contributed by atoms with Crippen LogP contribution in [0.25, 0.3) is 0 Å². The summed E-state index contributed by atoms with van der Waals surface area (Å²) in [6.45, 7) is 0.832. The first kappa shape index (κ1) is 11.9. The van der Waals surface area contributed by atoms with Gasteiger partial charge in [0.15, 0.2) is 5.11 Å². The van der Waals surface area contributed by atoms with Gasteiger partial charge in [-0.2, -0.15) is 5.10 Å². The SMILES string of the molecule is CN(C)C(=S)NN=C(N)C1CC=CCN1. The van der Waals surface area contributed by atoms with Crippen molar-refractivity contribution in [3.8, 4) is 0 Å². The van der Waals surface area contributed by atoms with Gasteiger partial charge in [-0.15, -0.1) is 0 Å². The lowest BCUT2D eigenvalue weighted by Crippen LogP contribution is -2.44. The van der Waals surface area contributed by atoms with Gasteiger partial charge < -0.3 is 16.0 Å². The summed E-state index contributed by atoms with van der Waals surface area (Å²) in [7, 11) is 3.70. The zero-order valence-electron chi connectivity index (χ0n) is 9.03. The molecule has 4 N–H and O–H groups in total. The van der Waals surface area contributed by atoms with E-state index in [0.717, 1.165) is 13.0 Å². The van der Waals surface area contributed by atoms with Crippen LogP contribution < -0.4 is 16.5 Å². The molecule has 0 amide bonds. The number of amidine groups is 1. The molecule has 0 aromatic rings. The number of rotatable bonds is 2. The van der Waals surface area contributed by atoms with E-state index in [4.69, 9.17) is 18.0 Å². The van der Waals surface area contributed by atoms with Gasteiger partial charge in [0.2, 0.25) is 0 Å². The molecule has 0 fully saturated rings. The van der Waals surface area contributed by atoms with E-state index in [1.165, 1.54) is 0 Å². The van der Waals surface area contributed by atoms with E-state index >= 15 is 0 Å². The first-order valence-electron chi connectivity index (χ1n) is 4.80. The Morgan fingerprint density at radius 3 is 2.87 bits per heavy atom. The number of nitrogens with one attached hydrogen (secondary N) is 2. The number of thiocarbonyl (C=S) groups is 1. The molecule has 6 heteroatoms. The number of nitrogens with two attached hydrogens (primary N) is 1. The number of hydrazone groups is 1. The molecule has 5 nitrogen and oxygen atoms in total. The maximum Gasteiger partial charge on any atom is 0.189 e. The molecular weight excluding hydrogens is 210 g/mol. The predicted molar refractivity (Wildman–Crippen MR) is 66.6 cm³/mol. The minimum Gasteiger partial charge on any atom is -0.384 e. The molecule has 84 valence electrons. The van der Waals surface area contributed by atoms with Crippen LogP contribution in [-0.4, -0.2) is 42.5 Å². The fraction of sp³-hybridized carbons (Fsp3) is 0.556. The van der Waals surface area contributed by atoms with Crippen LogP contribution in [0.5, 0.6) is 0 Å². The molecule has 0 aromatic heterocycles. The van der Waals surface area contributed by atoms with E-state index in [1.807, 2.05) is 14.1 Å². The van der Waals surface area contributed by atoms with Crippen molar-refractivity contribution in [2.24, 2.45) is 10.8 Å². The van der Waals surface area contributed by atoms with Crippen molar-refractivity contribution in [2.75, 3.05) is 20.6 Å². The lowest BCUT2D eigenvalue weighted by Gasteiger charge is -2.19. The van der Waals surface area contributed by atoms with Gasteiger partial charge in [0, 0.05) is 20.6 Å². The van der Waals surface area contributed by atoms with Gasteiger partial charge in [-0.25, -0.2) is 0 Å². The second kappa shape index (κ2) is 5.67. The van der Waals surface area contributed by atoms with E-state index in [1.54, 1.807) is 4.90 Å². The lowest BCUT2D eigenvalue weighted by atomic mass is 10.1. The van der Waals surface area contributed by atoms with Crippen molar-refractivity contribution in [1.82, 2.24) is 15.6 Å². The summed E-state index contributed by atoms with van der Waals surface area (Å²) in [5.74, 6) is 0.531. The van der Waals surface area contributed by atoms with Crippen molar-refractivity contribution in [2.45, 2.75) is 12.5 Å². The van der Waals surface area contributed by atoms with Gasteiger partial charge in [0.1, 0.15) is 5.84 Å². The van der Waals surface area contributed by atoms with Crippen LogP contribution in [0.4, 0.5) is 0 Å². The fourth-order valence-corrected chi connectivity index (χ4v) is 1.17. The van der Waals surface area contributed by atoms with Crippen LogP contribution in [0, 0.1) is 0 Å². The standard InChI is InChI=1S/C9H17N5S/c1-14(2)9(15)13-12-8(10)7-5-3-4-6-11-7/h3-4,7,11H,5-6H2,1-2H3,(H2,10,12)(H,13,15). The van der Waals surface area contributed by atoms with Crippen LogP contribution >= 0.6 is 12.2 Å². The smallest absolute Gasteiger partial charge is 0.189 e. The summed E-state index contributed by atoms with van der Waals surface area (Å²) in [5, 5.41) is 7.81. The van der Waals surface area contributed by atoms with Crippen LogP contribution in [0.2, 0.25) is 0 Å². The summed E-state index contributed by atoms with van der Waals surface area (Å²) >= 11 is 5.02. The molecule has 1 aliphatic heterocycles. The highest BCUT2D eigenvalue weighted by Crippen LogP contribution is 1.98. The molecule has 1 heterocycles. The van der Waals surface area contributed by atoms with Gasteiger partial charge in [-0.3, -0.25) is 5.43 Å². The van der Waals surface area contributed by atoms with Gasteiger partial charge in [-0.1, -0.05) is 12.2 Å². The first-order valence-corrected chi connectivity index (χ1v) is 5.21. The first-order chi connectivity index (χ1) is 7.11. The van der Waals surface area contributed by atoms with Crippen molar-refractivity contribution >= 4 is 23.2 Å². The van der Waals surface area contributed by atoms with E-state index < -0.39 is 0 Å². The fourth-order valence-electron chi connectivity index (χ4n) is 1.12. The molecule has 1 unspecified atom stereocenters. The lowest BCUT2D eigenvalue weighted by molar-refractivity contribution is 0.601. The molecule has 1 aliphatic rings. The maximum atomic E-state index is 5.81. The summed E-state index contributed by atoms with van der Waals surface area (Å²) in [5.41, 5.74) is 8.55. The zero-order valence-corrected chi connectivity index (χ0v) is 9.84. The van der Waals surface area contributed by atoms with Crippen LogP contribution in [-0.2, 0) is 0 Å². The molecule has 0 radical (unpaired) electrons. The number of nitrogens with zero attached hydrogens (tertiary/aromatic N) is 2. The second-order valence-corrected chi connectivity index (χ2v) is 3.90. The van der Waals surface area contributed by atoms with E-state index in [9.17, 15) is 0 Å². The molecular formula is C9H17N5S. The van der Waals surface area contributed by atoms with Gasteiger partial charge in [-0.05, 0) is 18.6 Å². The Hall–Kier alpha value is -1.14. The largest absolute Gasteiger partial charge is 0.384 e. The molecule has 0 aromatic carbocycles. The summed E-state index contributed by atoms with van der Waals surface area (Å²) in [6.07, 6.45) is 5.03. The van der Waals surface area contributed by atoms with Crippen LogP contribution in [0.15, 0.2) is 17.3 Å². The predicted octanol–water partition coefficient (Wildman–Crippen LogP) is -0.387. The summed E-state index contributed by atoms with van der Waals surface area (Å²) in [4.78, 5) is 1.76. The Kier molecular flexibility index (Phi) is 4.51. The molecule has 1 rings (SSSR count). The Morgan fingerprint density at radius 1 is 1.60 bits per heavy atom. The topological polar surface area (TPSA) is 65.7 Å².